The molecule has 0 spiro atoms. The number of hydrogen-bond acceptors (Lipinski definition) is 4. The number of hydrogen-bond donors (Lipinski definition) is 2. The van der Waals surface area contributed by atoms with Gasteiger partial charge in [-0.2, -0.15) is 13.2 Å². The number of rotatable bonds is 2. The lowest BCUT2D eigenvalue weighted by atomic mass is 10.1. The molecule has 1 aromatic carbocycles. The Morgan fingerprint density at radius 2 is 2.14 bits per heavy atom. The van der Waals surface area contributed by atoms with E-state index in [1.165, 1.54) is 6.07 Å². The molecule has 9 heteroatoms. The predicted octanol–water partition coefficient (Wildman–Crippen LogP) is 1.56. The predicted molar refractivity (Wildman–Crippen MR) is 70.1 cm³/mol. The van der Waals surface area contributed by atoms with Gasteiger partial charge in [-0.25, -0.2) is 0 Å². The minimum absolute atomic E-state index is 0.0739. The number of nitrogens with zero attached hydrogens (tertiary/aromatic N) is 1. The third-order valence-electron chi connectivity index (χ3n) is 2.87. The molecule has 0 unspecified atom stereocenters. The van der Waals surface area contributed by atoms with Gasteiger partial charge >= 0.3 is 12.1 Å². The van der Waals surface area contributed by atoms with Crippen molar-refractivity contribution >= 4 is 29.3 Å². The number of alkyl halides is 3. The summed E-state index contributed by atoms with van der Waals surface area (Å²) in [4.78, 5) is 24.1. The first-order valence-corrected chi connectivity index (χ1v) is 6.81. The minimum atomic E-state index is -4.58. The Morgan fingerprint density at radius 3 is 2.71 bits per heavy atom. The smallest absolute Gasteiger partial charge is 0.416 e. The SMILES string of the molecule is N[C@H]1CSc2ccc(C(F)(F)F)cc2N(CC(=O)O)C1=O. The van der Waals surface area contributed by atoms with Gasteiger partial charge in [0.25, 0.3) is 0 Å². The molecule has 1 aliphatic rings. The second-order valence-electron chi connectivity index (χ2n) is 4.42. The second-order valence-corrected chi connectivity index (χ2v) is 5.48. The number of carbonyl (C=O) groups is 2. The molecule has 0 radical (unpaired) electrons. The topological polar surface area (TPSA) is 83.6 Å². The lowest BCUT2D eigenvalue weighted by Crippen LogP contribution is -2.46. The maximum Gasteiger partial charge on any atom is 0.416 e. The molecule has 0 saturated carbocycles. The van der Waals surface area contributed by atoms with E-state index >= 15 is 0 Å². The summed E-state index contributed by atoms with van der Waals surface area (Å²) in [6.45, 7) is -0.735. The van der Waals surface area contributed by atoms with Crippen molar-refractivity contribution in [1.29, 1.82) is 0 Å². The molecular formula is C12H11F3N2O3S. The minimum Gasteiger partial charge on any atom is -0.480 e. The van der Waals surface area contributed by atoms with Crippen molar-refractivity contribution in [3.63, 3.8) is 0 Å². The normalized spacial score (nSPS) is 19.1. The van der Waals surface area contributed by atoms with E-state index in [0.29, 0.717) is 4.90 Å². The molecule has 2 rings (SSSR count). The van der Waals surface area contributed by atoms with Gasteiger partial charge in [-0.15, -0.1) is 11.8 Å². The zero-order valence-electron chi connectivity index (χ0n) is 10.6. The number of amides is 1. The summed E-state index contributed by atoms with van der Waals surface area (Å²) in [7, 11) is 0. The number of nitrogens with two attached hydrogens (primary N) is 1. The van der Waals surface area contributed by atoms with E-state index in [2.05, 4.69) is 0 Å². The number of fused-ring (bicyclic) bond motifs is 1. The number of benzene rings is 1. The largest absolute Gasteiger partial charge is 0.480 e. The lowest BCUT2D eigenvalue weighted by molar-refractivity contribution is -0.137. The molecule has 114 valence electrons. The molecule has 0 saturated heterocycles. The quantitative estimate of drug-likeness (QED) is 0.864. The van der Waals surface area contributed by atoms with Crippen LogP contribution in [0.3, 0.4) is 0 Å². The van der Waals surface area contributed by atoms with Gasteiger partial charge in [0.1, 0.15) is 6.54 Å². The van der Waals surface area contributed by atoms with Crippen LogP contribution in [-0.2, 0) is 15.8 Å². The number of carboxylic acid groups (broad SMARTS) is 1. The third-order valence-corrected chi connectivity index (χ3v) is 4.05. The monoisotopic (exact) mass is 320 g/mol. The van der Waals surface area contributed by atoms with Crippen molar-refractivity contribution in [2.75, 3.05) is 17.2 Å². The van der Waals surface area contributed by atoms with Crippen LogP contribution in [0.25, 0.3) is 0 Å². The molecule has 0 aliphatic carbocycles. The van der Waals surface area contributed by atoms with Crippen LogP contribution < -0.4 is 10.6 Å². The highest BCUT2D eigenvalue weighted by atomic mass is 32.2. The molecule has 1 aliphatic heterocycles. The molecule has 3 N–H and O–H groups in total. The standard InChI is InChI=1S/C12H11F3N2O3S/c13-12(14,15)6-1-2-9-8(3-6)17(4-10(18)19)11(20)7(16)5-21-9/h1-3,7H,4-5,16H2,(H,18,19)/t7-/m0/s1. The van der Waals surface area contributed by atoms with E-state index in [1.807, 2.05) is 0 Å². The van der Waals surface area contributed by atoms with Crippen molar-refractivity contribution in [2.45, 2.75) is 17.1 Å². The van der Waals surface area contributed by atoms with Gasteiger partial charge in [0.2, 0.25) is 5.91 Å². The Labute approximate surface area is 121 Å². The van der Waals surface area contributed by atoms with Crippen molar-refractivity contribution in [3.05, 3.63) is 23.8 Å². The Bertz CT molecular complexity index is 592. The summed E-state index contributed by atoms with van der Waals surface area (Å²) < 4.78 is 38.3. The molecule has 0 fully saturated rings. The first kappa shape index (κ1) is 15.6. The van der Waals surface area contributed by atoms with Gasteiger partial charge in [0.15, 0.2) is 0 Å². The van der Waals surface area contributed by atoms with Crippen LogP contribution in [-0.4, -0.2) is 35.3 Å². The molecule has 21 heavy (non-hydrogen) atoms. The van der Waals surface area contributed by atoms with Crippen molar-refractivity contribution in [3.8, 4) is 0 Å². The van der Waals surface area contributed by atoms with Crippen LogP contribution in [0.15, 0.2) is 23.1 Å². The van der Waals surface area contributed by atoms with E-state index in [0.717, 1.165) is 28.8 Å². The zero-order chi connectivity index (χ0) is 15.8. The van der Waals surface area contributed by atoms with Crippen LogP contribution in [0.2, 0.25) is 0 Å². The number of halogens is 3. The summed E-state index contributed by atoms with van der Waals surface area (Å²) in [5, 5.41) is 8.85. The Hall–Kier alpha value is -1.74. The highest BCUT2D eigenvalue weighted by molar-refractivity contribution is 7.99. The fourth-order valence-corrected chi connectivity index (χ4v) is 2.88. The van der Waals surface area contributed by atoms with Gasteiger partial charge in [-0.05, 0) is 18.2 Å². The third kappa shape index (κ3) is 3.30. The fourth-order valence-electron chi connectivity index (χ4n) is 1.89. The van der Waals surface area contributed by atoms with Gasteiger partial charge in [0.05, 0.1) is 17.3 Å². The molecule has 1 heterocycles. The highest BCUT2D eigenvalue weighted by Crippen LogP contribution is 2.39. The van der Waals surface area contributed by atoms with Crippen LogP contribution in [0, 0.1) is 0 Å². The van der Waals surface area contributed by atoms with Crippen LogP contribution in [0.4, 0.5) is 18.9 Å². The van der Waals surface area contributed by atoms with Gasteiger partial charge < -0.3 is 10.8 Å². The van der Waals surface area contributed by atoms with Gasteiger partial charge in [-0.1, -0.05) is 0 Å². The van der Waals surface area contributed by atoms with E-state index < -0.39 is 36.2 Å². The van der Waals surface area contributed by atoms with E-state index in [-0.39, 0.29) is 11.4 Å². The summed E-state index contributed by atoms with van der Waals surface area (Å²) in [6.07, 6.45) is -4.58. The molecule has 5 nitrogen and oxygen atoms in total. The van der Waals surface area contributed by atoms with E-state index in [4.69, 9.17) is 10.8 Å². The zero-order valence-corrected chi connectivity index (χ0v) is 11.4. The second kappa shape index (κ2) is 5.57. The average Bonchev–Trinajstić information content (AvgIpc) is 2.49. The van der Waals surface area contributed by atoms with Crippen molar-refractivity contribution in [2.24, 2.45) is 5.73 Å². The number of anilines is 1. The van der Waals surface area contributed by atoms with E-state index in [1.54, 1.807) is 0 Å². The Kier molecular flexibility index (Phi) is 4.15. The molecule has 1 atom stereocenters. The van der Waals surface area contributed by atoms with Crippen molar-refractivity contribution in [1.82, 2.24) is 0 Å². The van der Waals surface area contributed by atoms with Crippen LogP contribution >= 0.6 is 11.8 Å². The Balaban J connectivity index is 2.54. The first-order chi connectivity index (χ1) is 9.70. The molecular weight excluding hydrogens is 309 g/mol. The summed E-state index contributed by atoms with van der Waals surface area (Å²) in [5.41, 5.74) is 4.60. The van der Waals surface area contributed by atoms with Crippen LogP contribution in [0.1, 0.15) is 5.56 Å². The maximum atomic E-state index is 12.8. The van der Waals surface area contributed by atoms with Crippen LogP contribution in [0.5, 0.6) is 0 Å². The summed E-state index contributed by atoms with van der Waals surface area (Å²) in [6, 6.07) is 1.94. The number of aliphatic carboxylic acids is 1. The number of thioether (sulfide) groups is 1. The van der Waals surface area contributed by atoms with Crippen molar-refractivity contribution < 1.29 is 27.9 Å². The number of carbonyl (C=O) groups excluding carboxylic acids is 1. The lowest BCUT2D eigenvalue weighted by Gasteiger charge is -2.23. The number of carboxylic acids is 1. The van der Waals surface area contributed by atoms with Gasteiger partial charge in [-0.3, -0.25) is 14.5 Å². The first-order valence-electron chi connectivity index (χ1n) is 5.83. The molecule has 1 amide bonds. The van der Waals surface area contributed by atoms with Gasteiger partial charge in [0, 0.05) is 10.6 Å². The highest BCUT2D eigenvalue weighted by Gasteiger charge is 2.35. The summed E-state index contributed by atoms with van der Waals surface area (Å²) in [5.74, 6) is -1.86. The Morgan fingerprint density at radius 1 is 1.48 bits per heavy atom. The molecule has 0 aromatic heterocycles. The molecule has 0 bridgehead atoms. The van der Waals surface area contributed by atoms with E-state index in [9.17, 15) is 22.8 Å². The average molecular weight is 320 g/mol. The molecule has 1 aromatic rings. The fraction of sp³-hybridized carbons (Fsp3) is 0.333. The summed E-state index contributed by atoms with van der Waals surface area (Å²) >= 11 is 1.12. The maximum absolute atomic E-state index is 12.8.